The third kappa shape index (κ3) is 3.20. The summed E-state index contributed by atoms with van der Waals surface area (Å²) in [7, 11) is 0. The first-order valence-corrected chi connectivity index (χ1v) is 8.33. The lowest BCUT2D eigenvalue weighted by Gasteiger charge is -2.26. The molecular weight excluding hydrogens is 319 g/mol. The minimum absolute atomic E-state index is 0.0533. The minimum Gasteiger partial charge on any atom is -0.296 e. The molecule has 5 nitrogen and oxygen atoms in total. The van der Waals surface area contributed by atoms with E-state index >= 15 is 0 Å². The Bertz CT molecular complexity index is 938. The molecular formula is C19H17FN4O. The highest BCUT2D eigenvalue weighted by Crippen LogP contribution is 2.29. The van der Waals surface area contributed by atoms with Crippen LogP contribution >= 0.6 is 0 Å². The lowest BCUT2D eigenvalue weighted by molar-refractivity contribution is 0.422. The molecule has 1 aliphatic heterocycles. The number of benzene rings is 1. The summed E-state index contributed by atoms with van der Waals surface area (Å²) < 4.78 is 14.9. The van der Waals surface area contributed by atoms with Gasteiger partial charge in [0.25, 0.3) is 5.56 Å². The smallest absolute Gasteiger partial charge is 0.254 e. The second-order valence-electron chi connectivity index (χ2n) is 6.25. The lowest BCUT2D eigenvalue weighted by Crippen LogP contribution is -2.31. The van der Waals surface area contributed by atoms with Crippen LogP contribution in [0.3, 0.4) is 0 Å². The van der Waals surface area contributed by atoms with E-state index in [9.17, 15) is 9.18 Å². The molecule has 0 amide bonds. The van der Waals surface area contributed by atoms with Gasteiger partial charge in [0.2, 0.25) is 0 Å². The Hall–Kier alpha value is -2.89. The molecule has 0 saturated heterocycles. The lowest BCUT2D eigenvalue weighted by atomic mass is 9.91. The Morgan fingerprint density at radius 1 is 1.16 bits per heavy atom. The Labute approximate surface area is 144 Å². The van der Waals surface area contributed by atoms with Gasteiger partial charge in [0.05, 0.1) is 11.4 Å². The predicted molar refractivity (Wildman–Crippen MR) is 91.6 cm³/mol. The van der Waals surface area contributed by atoms with Crippen molar-refractivity contribution in [1.29, 1.82) is 0 Å². The first kappa shape index (κ1) is 15.6. The van der Waals surface area contributed by atoms with Crippen molar-refractivity contribution in [2.45, 2.75) is 31.7 Å². The second-order valence-corrected chi connectivity index (χ2v) is 6.25. The van der Waals surface area contributed by atoms with E-state index in [2.05, 4.69) is 9.97 Å². The molecule has 25 heavy (non-hydrogen) atoms. The van der Waals surface area contributed by atoms with Crippen molar-refractivity contribution in [2.75, 3.05) is 0 Å². The molecule has 0 spiro atoms. The van der Waals surface area contributed by atoms with Gasteiger partial charge in [-0.3, -0.25) is 9.36 Å². The summed E-state index contributed by atoms with van der Waals surface area (Å²) in [6.45, 7) is 0.686. The van der Waals surface area contributed by atoms with Crippen molar-refractivity contribution in [3.8, 4) is 11.4 Å². The fourth-order valence-corrected chi connectivity index (χ4v) is 3.36. The summed E-state index contributed by atoms with van der Waals surface area (Å²) in [5.41, 5.74) is 2.20. The molecule has 2 aromatic heterocycles. The molecule has 0 fully saturated rings. The van der Waals surface area contributed by atoms with E-state index in [4.69, 9.17) is 4.98 Å². The Morgan fingerprint density at radius 2 is 2.00 bits per heavy atom. The van der Waals surface area contributed by atoms with Crippen LogP contribution in [0.4, 0.5) is 4.39 Å². The highest BCUT2D eigenvalue weighted by Gasteiger charge is 2.24. The zero-order valence-corrected chi connectivity index (χ0v) is 13.6. The van der Waals surface area contributed by atoms with E-state index in [1.54, 1.807) is 29.0 Å². The molecule has 6 heteroatoms. The molecule has 126 valence electrons. The van der Waals surface area contributed by atoms with E-state index in [0.717, 1.165) is 30.7 Å². The van der Waals surface area contributed by atoms with E-state index < -0.39 is 0 Å². The van der Waals surface area contributed by atoms with Crippen molar-refractivity contribution in [3.05, 3.63) is 76.5 Å². The molecule has 0 saturated carbocycles. The van der Waals surface area contributed by atoms with Crippen LogP contribution in [0.25, 0.3) is 11.4 Å². The maximum absolute atomic E-state index is 13.1. The molecule has 1 atom stereocenters. The van der Waals surface area contributed by atoms with Gasteiger partial charge >= 0.3 is 0 Å². The molecule has 3 aromatic rings. The molecule has 1 aromatic carbocycles. The maximum atomic E-state index is 13.1. The van der Waals surface area contributed by atoms with Crippen molar-refractivity contribution in [1.82, 2.24) is 19.5 Å². The summed E-state index contributed by atoms with van der Waals surface area (Å²) in [4.78, 5) is 25.4. The van der Waals surface area contributed by atoms with Crippen LogP contribution in [-0.2, 0) is 13.0 Å². The largest absolute Gasteiger partial charge is 0.296 e. The van der Waals surface area contributed by atoms with E-state index in [1.165, 1.54) is 24.5 Å². The number of rotatable bonds is 3. The quantitative estimate of drug-likeness (QED) is 0.738. The number of fused-ring (bicyclic) bond motifs is 1. The van der Waals surface area contributed by atoms with E-state index in [1.807, 2.05) is 0 Å². The van der Waals surface area contributed by atoms with Crippen molar-refractivity contribution >= 4 is 0 Å². The van der Waals surface area contributed by atoms with Crippen LogP contribution in [0.2, 0.25) is 0 Å². The van der Waals surface area contributed by atoms with Crippen molar-refractivity contribution in [2.24, 2.45) is 0 Å². The van der Waals surface area contributed by atoms with Crippen LogP contribution in [-0.4, -0.2) is 19.5 Å². The molecule has 0 bridgehead atoms. The van der Waals surface area contributed by atoms with E-state index in [0.29, 0.717) is 17.9 Å². The number of nitrogens with zero attached hydrogens (tertiary/aromatic N) is 4. The summed E-state index contributed by atoms with van der Waals surface area (Å²) in [5, 5.41) is 0. The number of aromatic nitrogens is 4. The summed E-state index contributed by atoms with van der Waals surface area (Å²) in [5.74, 6) is 0.679. The molecule has 1 aliphatic rings. The zero-order valence-electron chi connectivity index (χ0n) is 13.6. The van der Waals surface area contributed by atoms with Crippen LogP contribution in [0, 0.1) is 5.82 Å². The monoisotopic (exact) mass is 336 g/mol. The predicted octanol–water partition coefficient (Wildman–Crippen LogP) is 2.96. The number of hydrogen-bond donors (Lipinski definition) is 0. The Morgan fingerprint density at radius 3 is 2.76 bits per heavy atom. The van der Waals surface area contributed by atoms with E-state index in [-0.39, 0.29) is 17.3 Å². The minimum atomic E-state index is -0.242. The first-order chi connectivity index (χ1) is 12.2. The van der Waals surface area contributed by atoms with Gasteiger partial charge in [-0.05, 0) is 43.0 Å². The maximum Gasteiger partial charge on any atom is 0.254 e. The third-order valence-electron chi connectivity index (χ3n) is 4.58. The second kappa shape index (κ2) is 6.55. The average Bonchev–Trinajstić information content (AvgIpc) is 2.65. The average molecular weight is 336 g/mol. The van der Waals surface area contributed by atoms with Crippen molar-refractivity contribution < 1.29 is 4.39 Å². The molecule has 0 N–H and O–H groups in total. The van der Waals surface area contributed by atoms with Gasteiger partial charge in [-0.15, -0.1) is 0 Å². The number of hydrogen-bond acceptors (Lipinski definition) is 4. The summed E-state index contributed by atoms with van der Waals surface area (Å²) in [6, 6.07) is 9.80. The Balaban J connectivity index is 1.73. The topological polar surface area (TPSA) is 60.7 Å². The van der Waals surface area contributed by atoms with Gasteiger partial charge in [-0.1, -0.05) is 12.1 Å². The highest BCUT2D eigenvalue weighted by molar-refractivity contribution is 5.52. The SMILES string of the molecule is O=c1cc(-c2ccncn2)nc2n1CCCC2Cc1ccc(F)cc1. The van der Waals surface area contributed by atoms with Gasteiger partial charge < -0.3 is 0 Å². The normalized spacial score (nSPS) is 16.4. The standard InChI is InChI=1S/C19H17FN4O/c20-15-5-3-13(4-6-15)10-14-2-1-9-24-18(25)11-17(23-19(14)24)16-7-8-21-12-22-16/h3-8,11-12,14H,1-2,9-10H2. The molecule has 3 heterocycles. The van der Waals surface area contributed by atoms with Crippen LogP contribution in [0.5, 0.6) is 0 Å². The van der Waals surface area contributed by atoms with Gasteiger partial charge in [-0.2, -0.15) is 0 Å². The van der Waals surface area contributed by atoms with Gasteiger partial charge in [0.1, 0.15) is 18.0 Å². The summed E-state index contributed by atoms with van der Waals surface area (Å²) in [6.07, 6.45) is 5.71. The van der Waals surface area contributed by atoms with Gasteiger partial charge in [0.15, 0.2) is 0 Å². The summed E-state index contributed by atoms with van der Waals surface area (Å²) >= 11 is 0. The third-order valence-corrected chi connectivity index (χ3v) is 4.58. The van der Waals surface area contributed by atoms with Crippen LogP contribution in [0.1, 0.15) is 30.1 Å². The van der Waals surface area contributed by atoms with Crippen LogP contribution < -0.4 is 5.56 Å². The van der Waals surface area contributed by atoms with Gasteiger partial charge in [-0.25, -0.2) is 19.3 Å². The molecule has 0 radical (unpaired) electrons. The Kier molecular flexibility index (Phi) is 4.09. The molecule has 1 unspecified atom stereocenters. The van der Waals surface area contributed by atoms with Crippen molar-refractivity contribution in [3.63, 3.8) is 0 Å². The van der Waals surface area contributed by atoms with Gasteiger partial charge in [0, 0.05) is 24.7 Å². The molecule has 0 aliphatic carbocycles. The highest BCUT2D eigenvalue weighted by atomic mass is 19.1. The molecule has 4 rings (SSSR count). The zero-order chi connectivity index (χ0) is 17.2. The fraction of sp³-hybridized carbons (Fsp3) is 0.263. The first-order valence-electron chi connectivity index (χ1n) is 8.33. The number of halogens is 1. The van der Waals surface area contributed by atoms with Crippen LogP contribution in [0.15, 0.2) is 53.7 Å². The fourth-order valence-electron chi connectivity index (χ4n) is 3.36.